The Labute approximate surface area is 117 Å². The number of para-hydroxylation sites is 1. The van der Waals surface area contributed by atoms with Crippen LogP contribution in [0.25, 0.3) is 0 Å². The molecule has 4 nitrogen and oxygen atoms in total. The van der Waals surface area contributed by atoms with Gasteiger partial charge in [0, 0.05) is 0 Å². The molecule has 0 aliphatic carbocycles. The molecule has 0 saturated carbocycles. The SMILES string of the molecule is CC1C(C)C2OC1C1C(=O)N(c3ccccc3)C(=O)C21. The molecule has 20 heavy (non-hydrogen) atoms. The second-order valence-corrected chi connectivity index (χ2v) is 6.18. The summed E-state index contributed by atoms with van der Waals surface area (Å²) in [6, 6.07) is 9.20. The van der Waals surface area contributed by atoms with Crippen molar-refractivity contribution < 1.29 is 14.3 Å². The molecular formula is C16H17NO3. The predicted octanol–water partition coefficient (Wildman–Crippen LogP) is 1.85. The summed E-state index contributed by atoms with van der Waals surface area (Å²) in [6.45, 7) is 4.24. The lowest BCUT2D eigenvalue weighted by molar-refractivity contribution is -0.125. The molecule has 3 fully saturated rings. The van der Waals surface area contributed by atoms with E-state index in [0.29, 0.717) is 17.5 Å². The molecule has 0 aromatic heterocycles. The summed E-state index contributed by atoms with van der Waals surface area (Å²) in [4.78, 5) is 26.7. The average Bonchev–Trinajstić information content (AvgIpc) is 3.05. The van der Waals surface area contributed by atoms with Gasteiger partial charge in [0.15, 0.2) is 0 Å². The van der Waals surface area contributed by atoms with Crippen LogP contribution >= 0.6 is 0 Å². The second-order valence-electron chi connectivity index (χ2n) is 6.18. The van der Waals surface area contributed by atoms with E-state index in [1.807, 2.05) is 30.3 Å². The third kappa shape index (κ3) is 1.30. The molecule has 1 aromatic carbocycles. The van der Waals surface area contributed by atoms with Crippen molar-refractivity contribution in [1.29, 1.82) is 0 Å². The van der Waals surface area contributed by atoms with E-state index in [1.54, 1.807) is 0 Å². The maximum absolute atomic E-state index is 12.7. The molecule has 1 aromatic rings. The molecule has 6 atom stereocenters. The first-order chi connectivity index (χ1) is 9.61. The number of carbonyl (C=O) groups is 2. The summed E-state index contributed by atoms with van der Waals surface area (Å²) in [7, 11) is 0. The smallest absolute Gasteiger partial charge is 0.240 e. The standard InChI is InChI=1S/C16H17NO3/c1-8-9(2)14-12-11(13(8)20-14)15(18)17(16(12)19)10-6-4-3-5-7-10/h3-9,11-14H,1-2H3. The minimum atomic E-state index is -0.279. The number of nitrogens with zero attached hydrogens (tertiary/aromatic N) is 1. The first-order valence-corrected chi connectivity index (χ1v) is 7.19. The molecule has 104 valence electrons. The number of hydrogen-bond donors (Lipinski definition) is 0. The summed E-state index contributed by atoms with van der Waals surface area (Å²) in [5, 5.41) is 0. The van der Waals surface area contributed by atoms with Crippen LogP contribution in [0.1, 0.15) is 13.8 Å². The highest BCUT2D eigenvalue weighted by Gasteiger charge is 2.66. The second kappa shape index (κ2) is 3.92. The zero-order valence-electron chi connectivity index (χ0n) is 11.5. The van der Waals surface area contributed by atoms with Gasteiger partial charge in [-0.15, -0.1) is 0 Å². The largest absolute Gasteiger partial charge is 0.373 e. The zero-order chi connectivity index (χ0) is 14.0. The van der Waals surface area contributed by atoms with Crippen LogP contribution in [-0.2, 0) is 14.3 Å². The summed E-state index contributed by atoms with van der Waals surface area (Å²) in [5.74, 6) is -0.0461. The highest BCUT2D eigenvalue weighted by molar-refractivity contribution is 6.22. The molecule has 0 N–H and O–H groups in total. The molecular weight excluding hydrogens is 254 g/mol. The van der Waals surface area contributed by atoms with E-state index < -0.39 is 0 Å². The van der Waals surface area contributed by atoms with E-state index in [-0.39, 0.29) is 35.9 Å². The van der Waals surface area contributed by atoms with E-state index in [4.69, 9.17) is 4.74 Å². The molecule has 3 saturated heterocycles. The van der Waals surface area contributed by atoms with Gasteiger partial charge in [0.1, 0.15) is 0 Å². The number of carbonyl (C=O) groups excluding carboxylic acids is 2. The molecule has 3 aliphatic rings. The molecule has 2 bridgehead atoms. The van der Waals surface area contributed by atoms with Crippen LogP contribution in [0, 0.1) is 23.7 Å². The molecule has 4 rings (SSSR count). The summed E-state index contributed by atoms with van der Waals surface area (Å²) >= 11 is 0. The Balaban J connectivity index is 1.75. The van der Waals surface area contributed by atoms with Crippen molar-refractivity contribution in [2.75, 3.05) is 4.90 Å². The monoisotopic (exact) mass is 271 g/mol. The normalized spacial score (nSPS) is 42.4. The number of ether oxygens (including phenoxy) is 1. The van der Waals surface area contributed by atoms with Crippen LogP contribution in [0.4, 0.5) is 5.69 Å². The van der Waals surface area contributed by atoms with Crippen molar-refractivity contribution in [1.82, 2.24) is 0 Å². The molecule has 4 heteroatoms. The fourth-order valence-corrected chi connectivity index (χ4v) is 4.09. The van der Waals surface area contributed by atoms with Crippen LogP contribution in [0.3, 0.4) is 0 Å². The van der Waals surface area contributed by atoms with Crippen molar-refractivity contribution in [3.63, 3.8) is 0 Å². The number of benzene rings is 1. The molecule has 6 unspecified atom stereocenters. The maximum Gasteiger partial charge on any atom is 0.240 e. The van der Waals surface area contributed by atoms with Gasteiger partial charge >= 0.3 is 0 Å². The van der Waals surface area contributed by atoms with Gasteiger partial charge in [-0.25, -0.2) is 4.90 Å². The predicted molar refractivity (Wildman–Crippen MR) is 72.9 cm³/mol. The van der Waals surface area contributed by atoms with Gasteiger partial charge in [0.25, 0.3) is 0 Å². The molecule has 3 aliphatic heterocycles. The third-order valence-electron chi connectivity index (χ3n) is 5.30. The lowest BCUT2D eigenvalue weighted by Gasteiger charge is -2.27. The van der Waals surface area contributed by atoms with E-state index in [2.05, 4.69) is 13.8 Å². The third-order valence-corrected chi connectivity index (χ3v) is 5.30. The van der Waals surface area contributed by atoms with Gasteiger partial charge in [-0.1, -0.05) is 32.0 Å². The van der Waals surface area contributed by atoms with Crippen LogP contribution in [0.15, 0.2) is 30.3 Å². The zero-order valence-corrected chi connectivity index (χ0v) is 11.5. The Hall–Kier alpha value is -1.68. The topological polar surface area (TPSA) is 46.6 Å². The van der Waals surface area contributed by atoms with Crippen molar-refractivity contribution >= 4 is 17.5 Å². The summed E-state index contributed by atoms with van der Waals surface area (Å²) in [5.41, 5.74) is 0.677. The fraction of sp³-hybridized carbons (Fsp3) is 0.500. The van der Waals surface area contributed by atoms with Gasteiger partial charge < -0.3 is 4.74 Å². The van der Waals surface area contributed by atoms with Crippen molar-refractivity contribution in [2.45, 2.75) is 26.1 Å². The lowest BCUT2D eigenvalue weighted by Crippen LogP contribution is -2.38. The Morgan fingerprint density at radius 2 is 1.40 bits per heavy atom. The highest BCUT2D eigenvalue weighted by Crippen LogP contribution is 2.54. The lowest BCUT2D eigenvalue weighted by atomic mass is 9.70. The average molecular weight is 271 g/mol. The van der Waals surface area contributed by atoms with Crippen LogP contribution < -0.4 is 4.90 Å². The number of imide groups is 1. The quantitative estimate of drug-likeness (QED) is 0.732. The van der Waals surface area contributed by atoms with Gasteiger partial charge in [-0.05, 0) is 24.0 Å². The van der Waals surface area contributed by atoms with Crippen LogP contribution in [0.2, 0.25) is 0 Å². The minimum Gasteiger partial charge on any atom is -0.373 e. The van der Waals surface area contributed by atoms with E-state index in [9.17, 15) is 9.59 Å². The van der Waals surface area contributed by atoms with Crippen LogP contribution in [-0.4, -0.2) is 24.0 Å². The highest BCUT2D eigenvalue weighted by atomic mass is 16.5. The molecule has 0 radical (unpaired) electrons. The van der Waals surface area contributed by atoms with E-state index >= 15 is 0 Å². The van der Waals surface area contributed by atoms with Gasteiger partial charge in [-0.2, -0.15) is 0 Å². The maximum atomic E-state index is 12.7. The Bertz CT molecular complexity index is 553. The van der Waals surface area contributed by atoms with Gasteiger partial charge in [0.2, 0.25) is 11.8 Å². The molecule has 0 spiro atoms. The minimum absolute atomic E-state index is 0.0857. The van der Waals surface area contributed by atoms with Gasteiger partial charge in [0.05, 0.1) is 29.7 Å². The number of hydrogen-bond acceptors (Lipinski definition) is 3. The van der Waals surface area contributed by atoms with E-state index in [1.165, 1.54) is 4.90 Å². The van der Waals surface area contributed by atoms with Crippen molar-refractivity contribution in [3.8, 4) is 0 Å². The first kappa shape index (κ1) is 12.1. The Morgan fingerprint density at radius 3 is 1.90 bits per heavy atom. The van der Waals surface area contributed by atoms with Crippen molar-refractivity contribution in [2.24, 2.45) is 23.7 Å². The molecule has 2 amide bonds. The fourth-order valence-electron chi connectivity index (χ4n) is 4.09. The number of fused-ring (bicyclic) bond motifs is 5. The van der Waals surface area contributed by atoms with Crippen molar-refractivity contribution in [3.05, 3.63) is 30.3 Å². The first-order valence-electron chi connectivity index (χ1n) is 7.19. The molecule has 3 heterocycles. The van der Waals surface area contributed by atoms with Gasteiger partial charge in [-0.3, -0.25) is 9.59 Å². The number of amides is 2. The van der Waals surface area contributed by atoms with E-state index in [0.717, 1.165) is 0 Å². The summed E-state index contributed by atoms with van der Waals surface area (Å²) in [6.07, 6.45) is -0.185. The number of anilines is 1. The Morgan fingerprint density at radius 1 is 0.900 bits per heavy atom. The number of rotatable bonds is 1. The Kier molecular flexibility index (Phi) is 2.37. The van der Waals surface area contributed by atoms with Crippen LogP contribution in [0.5, 0.6) is 0 Å². The summed E-state index contributed by atoms with van der Waals surface area (Å²) < 4.78 is 5.92.